The van der Waals surface area contributed by atoms with Crippen LogP contribution in [0, 0.1) is 0 Å². The molecule has 1 aliphatic heterocycles. The average molecular weight is 486 g/mol. The topological polar surface area (TPSA) is 74.5 Å². The molecule has 0 aliphatic carbocycles. The largest absolute Gasteiger partial charge is 0.505 e. The van der Waals surface area contributed by atoms with E-state index in [-0.39, 0.29) is 21.6 Å². The number of hydrogen-bond donors (Lipinski definition) is 1. The highest BCUT2D eigenvalue weighted by molar-refractivity contribution is 6.37. The number of carbonyl (C=O) groups is 1. The Hall–Kier alpha value is -2.98. The lowest BCUT2D eigenvalue weighted by molar-refractivity contribution is -0.137. The van der Waals surface area contributed by atoms with Crippen molar-refractivity contribution in [2.45, 2.75) is 6.18 Å². The molecule has 1 aromatic heterocycles. The molecule has 168 valence electrons. The minimum atomic E-state index is -4.41. The summed E-state index contributed by atoms with van der Waals surface area (Å²) in [6.07, 6.45) is -3.09. The van der Waals surface area contributed by atoms with E-state index in [2.05, 4.69) is 10.1 Å². The summed E-state index contributed by atoms with van der Waals surface area (Å²) in [5.41, 5.74) is 0.159. The zero-order valence-electron chi connectivity index (χ0n) is 16.4. The molecular formula is C20H16Cl2F3N5O2. The first-order valence-electron chi connectivity index (χ1n) is 9.45. The quantitative estimate of drug-likeness (QED) is 0.599. The fourth-order valence-electron chi connectivity index (χ4n) is 3.36. The van der Waals surface area contributed by atoms with Crippen molar-refractivity contribution in [3.63, 3.8) is 0 Å². The van der Waals surface area contributed by atoms with Gasteiger partial charge in [0.25, 0.3) is 5.91 Å². The molecule has 3 aromatic rings. The van der Waals surface area contributed by atoms with E-state index in [0.29, 0.717) is 37.6 Å². The molecule has 1 N–H and O–H groups in total. The fraction of sp³-hybridized carbons (Fsp3) is 0.250. The SMILES string of the molecule is O=C(c1ncn(-c2cc(Cl)c(O)c(Cl)c2)n1)N1CCN(c2cccc(C(F)(F)F)c2)CC1. The maximum atomic E-state index is 13.0. The van der Waals surface area contributed by atoms with Gasteiger partial charge in [-0.2, -0.15) is 13.2 Å². The van der Waals surface area contributed by atoms with Gasteiger partial charge in [0.2, 0.25) is 5.82 Å². The van der Waals surface area contributed by atoms with Gasteiger partial charge in [-0.3, -0.25) is 4.79 Å². The summed E-state index contributed by atoms with van der Waals surface area (Å²) in [5.74, 6) is -0.701. The second-order valence-corrected chi connectivity index (χ2v) is 7.91. The van der Waals surface area contributed by atoms with Crippen LogP contribution in [0.15, 0.2) is 42.7 Å². The number of nitrogens with zero attached hydrogens (tertiary/aromatic N) is 5. The summed E-state index contributed by atoms with van der Waals surface area (Å²) in [5, 5.41) is 13.9. The molecule has 1 amide bonds. The maximum Gasteiger partial charge on any atom is 0.416 e. The van der Waals surface area contributed by atoms with Crippen LogP contribution in [0.25, 0.3) is 5.69 Å². The predicted octanol–water partition coefficient (Wildman–Crippen LogP) is 4.26. The summed E-state index contributed by atoms with van der Waals surface area (Å²) in [4.78, 5) is 20.2. The maximum absolute atomic E-state index is 13.0. The summed E-state index contributed by atoms with van der Waals surface area (Å²) < 4.78 is 40.2. The van der Waals surface area contributed by atoms with Gasteiger partial charge in [-0.25, -0.2) is 9.67 Å². The number of alkyl halides is 3. The number of halogens is 5. The molecule has 2 aromatic carbocycles. The zero-order valence-corrected chi connectivity index (χ0v) is 17.9. The second-order valence-electron chi connectivity index (χ2n) is 7.10. The Morgan fingerprint density at radius 2 is 1.66 bits per heavy atom. The van der Waals surface area contributed by atoms with Crippen molar-refractivity contribution >= 4 is 34.8 Å². The van der Waals surface area contributed by atoms with Crippen LogP contribution in [0.1, 0.15) is 16.2 Å². The Balaban J connectivity index is 1.44. The molecule has 0 radical (unpaired) electrons. The van der Waals surface area contributed by atoms with Gasteiger partial charge < -0.3 is 14.9 Å². The van der Waals surface area contributed by atoms with E-state index in [9.17, 15) is 23.1 Å². The summed E-state index contributed by atoms with van der Waals surface area (Å²) in [6.45, 7) is 1.36. The summed E-state index contributed by atoms with van der Waals surface area (Å²) in [7, 11) is 0. The first kappa shape index (κ1) is 22.2. The van der Waals surface area contributed by atoms with Crippen LogP contribution in [0.3, 0.4) is 0 Å². The van der Waals surface area contributed by atoms with Crippen LogP contribution < -0.4 is 4.90 Å². The fourth-order valence-corrected chi connectivity index (χ4v) is 3.83. The lowest BCUT2D eigenvalue weighted by Crippen LogP contribution is -2.49. The van der Waals surface area contributed by atoms with Crippen molar-refractivity contribution in [1.29, 1.82) is 0 Å². The molecule has 1 saturated heterocycles. The van der Waals surface area contributed by atoms with Crippen LogP contribution in [0.5, 0.6) is 5.75 Å². The highest BCUT2D eigenvalue weighted by atomic mass is 35.5. The minimum Gasteiger partial charge on any atom is -0.505 e. The van der Waals surface area contributed by atoms with Gasteiger partial charge in [0, 0.05) is 31.9 Å². The Morgan fingerprint density at radius 3 is 2.28 bits per heavy atom. The second kappa shape index (κ2) is 8.51. The molecule has 0 spiro atoms. The molecule has 0 bridgehead atoms. The van der Waals surface area contributed by atoms with Crippen molar-refractivity contribution in [2.75, 3.05) is 31.1 Å². The van der Waals surface area contributed by atoms with E-state index in [1.54, 1.807) is 15.9 Å². The predicted molar refractivity (Wildman–Crippen MR) is 113 cm³/mol. The number of carbonyl (C=O) groups excluding carboxylic acids is 1. The normalized spacial score (nSPS) is 14.7. The number of aromatic nitrogens is 3. The molecule has 12 heteroatoms. The van der Waals surface area contributed by atoms with Gasteiger partial charge in [0.1, 0.15) is 6.33 Å². The van der Waals surface area contributed by atoms with E-state index >= 15 is 0 Å². The Kier molecular flexibility index (Phi) is 5.91. The van der Waals surface area contributed by atoms with Crippen molar-refractivity contribution in [1.82, 2.24) is 19.7 Å². The Morgan fingerprint density at radius 1 is 1.00 bits per heavy atom. The number of phenolic OH excluding ortho intramolecular Hbond substituents is 1. The van der Waals surface area contributed by atoms with E-state index in [0.717, 1.165) is 12.1 Å². The molecule has 0 saturated carbocycles. The smallest absolute Gasteiger partial charge is 0.416 e. The van der Waals surface area contributed by atoms with Crippen molar-refractivity contribution < 1.29 is 23.1 Å². The first-order valence-corrected chi connectivity index (χ1v) is 10.2. The van der Waals surface area contributed by atoms with Gasteiger partial charge in [0.15, 0.2) is 5.75 Å². The molecular weight excluding hydrogens is 470 g/mol. The van der Waals surface area contributed by atoms with Gasteiger partial charge in [-0.1, -0.05) is 29.3 Å². The Bertz CT molecular complexity index is 1140. The van der Waals surface area contributed by atoms with Gasteiger partial charge >= 0.3 is 6.18 Å². The number of aromatic hydroxyl groups is 1. The molecule has 32 heavy (non-hydrogen) atoms. The van der Waals surface area contributed by atoms with Crippen molar-refractivity contribution in [2.24, 2.45) is 0 Å². The van der Waals surface area contributed by atoms with Crippen LogP contribution in [-0.2, 0) is 6.18 Å². The van der Waals surface area contributed by atoms with E-state index in [4.69, 9.17) is 23.2 Å². The highest BCUT2D eigenvalue weighted by Gasteiger charge is 2.31. The zero-order chi connectivity index (χ0) is 23.0. The van der Waals surface area contributed by atoms with Gasteiger partial charge in [-0.05, 0) is 30.3 Å². The van der Waals surface area contributed by atoms with Crippen molar-refractivity contribution in [3.05, 3.63) is 64.2 Å². The third-order valence-corrected chi connectivity index (χ3v) is 5.63. The summed E-state index contributed by atoms with van der Waals surface area (Å²) >= 11 is 11.8. The molecule has 0 atom stereocenters. The monoisotopic (exact) mass is 485 g/mol. The molecule has 0 unspecified atom stereocenters. The van der Waals surface area contributed by atoms with Crippen LogP contribution in [0.2, 0.25) is 10.0 Å². The number of rotatable bonds is 3. The Labute approximate surface area is 190 Å². The lowest BCUT2D eigenvalue weighted by Gasteiger charge is -2.35. The summed E-state index contributed by atoms with van der Waals surface area (Å²) in [6, 6.07) is 7.98. The van der Waals surface area contributed by atoms with E-state index in [1.807, 2.05) is 0 Å². The van der Waals surface area contributed by atoms with Gasteiger partial charge in [-0.15, -0.1) is 5.10 Å². The number of anilines is 1. The molecule has 1 fully saturated rings. The molecule has 4 rings (SSSR count). The third-order valence-electron chi connectivity index (χ3n) is 5.05. The average Bonchev–Trinajstić information content (AvgIpc) is 3.26. The number of benzene rings is 2. The minimum absolute atomic E-state index is 0.0293. The number of phenols is 1. The van der Waals surface area contributed by atoms with Crippen molar-refractivity contribution in [3.8, 4) is 11.4 Å². The molecule has 2 heterocycles. The van der Waals surface area contributed by atoms with Crippen LogP contribution in [-0.4, -0.2) is 56.9 Å². The number of piperazine rings is 1. The standard InChI is InChI=1S/C20H16Cl2F3N5O2/c21-15-9-14(10-16(22)17(15)31)30-11-26-18(27-30)19(32)29-6-4-28(5-7-29)13-3-1-2-12(8-13)20(23,24)25/h1-3,8-11,31H,4-7H2. The number of hydrogen-bond acceptors (Lipinski definition) is 5. The number of amides is 1. The van der Waals surface area contributed by atoms with E-state index < -0.39 is 17.6 Å². The highest BCUT2D eigenvalue weighted by Crippen LogP contribution is 2.34. The van der Waals surface area contributed by atoms with Crippen LogP contribution in [0.4, 0.5) is 18.9 Å². The lowest BCUT2D eigenvalue weighted by atomic mass is 10.1. The third kappa shape index (κ3) is 4.46. The van der Waals surface area contributed by atoms with E-state index in [1.165, 1.54) is 29.2 Å². The van der Waals surface area contributed by atoms with Gasteiger partial charge in [0.05, 0.1) is 21.3 Å². The first-order chi connectivity index (χ1) is 15.1. The molecule has 7 nitrogen and oxygen atoms in total. The molecule has 1 aliphatic rings. The van der Waals surface area contributed by atoms with Crippen LogP contribution >= 0.6 is 23.2 Å².